The molecule has 0 fully saturated rings. The Morgan fingerprint density at radius 2 is 0.656 bits per heavy atom. The Morgan fingerprint density at radius 1 is 0.438 bits per heavy atom. The van der Waals surface area contributed by atoms with Gasteiger partial charge in [0.2, 0.25) is 14.8 Å². The molecule has 0 radical (unpaired) electrons. The first-order valence-corrected chi connectivity index (χ1v) is 17.3. The summed E-state index contributed by atoms with van der Waals surface area (Å²) in [6.07, 6.45) is 0. The maximum Gasteiger partial charge on any atom is 0.219 e. The highest BCUT2D eigenvalue weighted by molar-refractivity contribution is 7.47. The van der Waals surface area contributed by atoms with Gasteiger partial charge in [-0.05, 0) is 31.8 Å². The van der Waals surface area contributed by atoms with E-state index in [0.29, 0.717) is 5.92 Å². The molecule has 0 heterocycles. The minimum absolute atomic E-state index is 0.118. The number of rotatable bonds is 7. The van der Waals surface area contributed by atoms with Gasteiger partial charge < -0.3 is 0 Å². The predicted octanol–water partition coefficient (Wildman–Crippen LogP) is 5.55. The van der Waals surface area contributed by atoms with E-state index >= 15 is 0 Å². The van der Waals surface area contributed by atoms with E-state index in [9.17, 15) is 0 Å². The van der Waals surface area contributed by atoms with E-state index in [2.05, 4.69) is 135 Å². The molecule has 0 saturated heterocycles. The Labute approximate surface area is 203 Å². The summed E-state index contributed by atoms with van der Waals surface area (Å²) in [5.41, 5.74) is 0. The van der Waals surface area contributed by atoms with Crippen molar-refractivity contribution in [2.24, 2.45) is 5.92 Å². The summed E-state index contributed by atoms with van der Waals surface area (Å²) in [6.45, 7) is 4.58. The molecule has 0 aliphatic heterocycles. The van der Waals surface area contributed by atoms with Crippen LogP contribution in [0.4, 0.5) is 0 Å². The summed E-state index contributed by atoms with van der Waals surface area (Å²) >= 11 is 16.0. The Kier molecular flexibility index (Phi) is 7.06. The van der Waals surface area contributed by atoms with Gasteiger partial charge in [0.05, 0.1) is 0 Å². The quantitative estimate of drug-likeness (QED) is 0.235. The fourth-order valence-electron chi connectivity index (χ4n) is 4.97. The van der Waals surface area contributed by atoms with Gasteiger partial charge in [-0.15, -0.1) is 0 Å². The summed E-state index contributed by atoms with van der Waals surface area (Å²) in [5, 5.41) is 4.99. The van der Waals surface area contributed by atoms with Crippen LogP contribution in [0.25, 0.3) is 0 Å². The molecule has 0 amide bonds. The summed E-state index contributed by atoms with van der Waals surface area (Å²) in [7, 11) is -5.59. The molecule has 0 N–H and O–H groups in total. The topological polar surface area (TPSA) is 0 Å². The lowest BCUT2D eigenvalue weighted by atomic mass is 10.3. The van der Waals surface area contributed by atoms with Crippen LogP contribution in [0, 0.1) is 5.92 Å². The van der Waals surface area contributed by atoms with Gasteiger partial charge in [-0.2, -0.15) is 22.2 Å². The maximum absolute atomic E-state index is 8.02. The van der Waals surface area contributed by atoms with Crippen LogP contribution in [0.5, 0.6) is 0 Å². The highest BCUT2D eigenvalue weighted by Crippen LogP contribution is 2.42. The lowest BCUT2D eigenvalue weighted by Crippen LogP contribution is -2.71. The molecule has 0 nitrogen and oxygen atoms in total. The highest BCUT2D eigenvalue weighted by atomic mass is 35.6. The molecule has 162 valence electrons. The van der Waals surface area contributed by atoms with E-state index in [1.165, 1.54) is 20.7 Å². The number of hydrogen-bond donors (Lipinski definition) is 0. The minimum Gasteiger partial charge on any atom is -0.155 e. The number of hydrogen-bond acceptors (Lipinski definition) is 0. The van der Waals surface area contributed by atoms with Gasteiger partial charge in [-0.1, -0.05) is 135 Å². The summed E-state index contributed by atoms with van der Waals surface area (Å²) in [4.78, 5) is 0. The first kappa shape index (κ1) is 23.1. The third kappa shape index (κ3) is 4.13. The van der Waals surface area contributed by atoms with Crippen LogP contribution in [0.15, 0.2) is 121 Å². The fourth-order valence-corrected chi connectivity index (χ4v) is 22.3. The summed E-state index contributed by atoms with van der Waals surface area (Å²) in [5.74, 6) is 0.296. The first-order valence-electron chi connectivity index (χ1n) is 11.1. The van der Waals surface area contributed by atoms with Crippen molar-refractivity contribution < 1.29 is 0 Å². The first-order chi connectivity index (χ1) is 15.5. The average molecular weight is 492 g/mol. The summed E-state index contributed by atoms with van der Waals surface area (Å²) in [6, 6.07) is 42.6. The van der Waals surface area contributed by atoms with E-state index in [-0.39, 0.29) is 5.16 Å². The van der Waals surface area contributed by atoms with Gasteiger partial charge in [0.1, 0.15) is 0 Å². The zero-order chi connectivity index (χ0) is 22.6. The fraction of sp³-hybridized carbons (Fsp3) is 0.143. The van der Waals surface area contributed by atoms with Crippen LogP contribution in [-0.2, 0) is 0 Å². The normalized spacial score (nSPS) is 12.3. The monoisotopic (exact) mass is 490 g/mol. The Bertz CT molecular complexity index is 949. The molecule has 4 rings (SSSR count). The predicted molar refractivity (Wildman–Crippen MR) is 146 cm³/mol. The molecule has 4 aromatic rings. The highest BCUT2D eigenvalue weighted by Gasteiger charge is 2.57. The van der Waals surface area contributed by atoms with E-state index in [1.807, 2.05) is 0 Å². The van der Waals surface area contributed by atoms with Gasteiger partial charge >= 0.3 is 0 Å². The van der Waals surface area contributed by atoms with Gasteiger partial charge in [-0.25, -0.2) is 0 Å². The second-order valence-electron chi connectivity index (χ2n) is 8.61. The smallest absolute Gasteiger partial charge is 0.155 e. The average Bonchev–Trinajstić information content (AvgIpc) is 2.86. The van der Waals surface area contributed by atoms with Gasteiger partial charge in [-0.3, -0.25) is 0 Å². The molecule has 32 heavy (non-hydrogen) atoms. The van der Waals surface area contributed by atoms with Gasteiger partial charge in [0.15, 0.2) is 0 Å². The molecule has 0 aliphatic carbocycles. The molecule has 0 aliphatic rings. The molecule has 0 bridgehead atoms. The molecule has 4 aromatic carbocycles. The molecular formula is C28H28Cl2Si2. The van der Waals surface area contributed by atoms with Gasteiger partial charge in [0, 0.05) is 0 Å². The minimum atomic E-state index is -2.79. The van der Waals surface area contributed by atoms with Crippen LogP contribution in [0.3, 0.4) is 0 Å². The van der Waals surface area contributed by atoms with Crippen molar-refractivity contribution in [3.8, 4) is 0 Å². The zero-order valence-corrected chi connectivity index (χ0v) is 22.0. The Morgan fingerprint density at radius 3 is 0.844 bits per heavy atom. The molecule has 0 atom stereocenters. The van der Waals surface area contributed by atoms with E-state index in [0.717, 1.165) is 0 Å². The van der Waals surface area contributed by atoms with E-state index in [4.69, 9.17) is 22.2 Å². The third-order valence-corrected chi connectivity index (χ3v) is 21.8. The van der Waals surface area contributed by atoms with Crippen molar-refractivity contribution in [3.05, 3.63) is 121 Å². The van der Waals surface area contributed by atoms with Crippen molar-refractivity contribution in [1.29, 1.82) is 0 Å². The van der Waals surface area contributed by atoms with Crippen molar-refractivity contribution in [2.75, 3.05) is 0 Å². The standard InChI is InChI=1S/C28H28Cl2Si2/c1-23(2)28(31(29,24-15-7-3-8-16-24)25-17-9-4-10-18-25)32(30,26-19-11-5-12-20-26)27-21-13-6-14-22-27/h3-23,28H,1-2H3. The Balaban J connectivity index is 2.06. The molecule has 0 spiro atoms. The molecule has 0 saturated carbocycles. The van der Waals surface area contributed by atoms with Crippen LogP contribution >= 0.6 is 22.2 Å². The number of halogens is 2. The lowest BCUT2D eigenvalue weighted by molar-refractivity contribution is 0.683. The Hall–Kier alpha value is -2.11. The second kappa shape index (κ2) is 9.80. The molecule has 4 heteroatoms. The van der Waals surface area contributed by atoms with Crippen molar-refractivity contribution in [3.63, 3.8) is 0 Å². The zero-order valence-electron chi connectivity index (χ0n) is 18.5. The van der Waals surface area contributed by atoms with E-state index < -0.39 is 14.8 Å². The van der Waals surface area contributed by atoms with Crippen LogP contribution < -0.4 is 20.7 Å². The van der Waals surface area contributed by atoms with Crippen molar-refractivity contribution in [1.82, 2.24) is 0 Å². The van der Waals surface area contributed by atoms with Crippen molar-refractivity contribution >= 4 is 57.7 Å². The van der Waals surface area contributed by atoms with Crippen molar-refractivity contribution in [2.45, 2.75) is 19.0 Å². The summed E-state index contributed by atoms with van der Waals surface area (Å²) < 4.78 is 0. The third-order valence-electron chi connectivity index (χ3n) is 6.30. The van der Waals surface area contributed by atoms with Crippen LogP contribution in [-0.4, -0.2) is 14.8 Å². The van der Waals surface area contributed by atoms with Crippen LogP contribution in [0.2, 0.25) is 5.16 Å². The SMILES string of the molecule is CC(C)C([Si](Cl)(c1ccccc1)c1ccccc1)[Si](Cl)(c1ccccc1)c1ccccc1. The largest absolute Gasteiger partial charge is 0.219 e. The molecular weight excluding hydrogens is 463 g/mol. The maximum atomic E-state index is 8.02. The lowest BCUT2D eigenvalue weighted by Gasteiger charge is -2.45. The molecule has 0 unspecified atom stereocenters. The number of benzene rings is 4. The van der Waals surface area contributed by atoms with Crippen LogP contribution in [0.1, 0.15) is 13.8 Å². The van der Waals surface area contributed by atoms with Gasteiger partial charge in [0.25, 0.3) is 0 Å². The van der Waals surface area contributed by atoms with E-state index in [1.54, 1.807) is 0 Å². The molecule has 0 aromatic heterocycles. The second-order valence-corrected chi connectivity index (χ2v) is 19.2.